The van der Waals surface area contributed by atoms with Gasteiger partial charge in [0.2, 0.25) is 5.95 Å². The standard InChI is InChI=1S/C12H23N5/c1-2-3-4-7-11-14-12(16-15-11)17-8-5-6-10(13)9-17/h10H,2-9,13H2,1H3,(H,14,15,16). The van der Waals surface area contributed by atoms with E-state index in [0.717, 1.165) is 44.1 Å². The molecule has 0 radical (unpaired) electrons. The Kier molecular flexibility index (Phi) is 4.36. The van der Waals surface area contributed by atoms with Crippen LogP contribution in [-0.4, -0.2) is 34.3 Å². The van der Waals surface area contributed by atoms with E-state index < -0.39 is 0 Å². The van der Waals surface area contributed by atoms with Crippen molar-refractivity contribution < 1.29 is 0 Å². The van der Waals surface area contributed by atoms with Crippen LogP contribution < -0.4 is 10.6 Å². The zero-order valence-corrected chi connectivity index (χ0v) is 10.7. The number of nitrogens with two attached hydrogens (primary N) is 1. The van der Waals surface area contributed by atoms with Crippen LogP contribution in [0.3, 0.4) is 0 Å². The van der Waals surface area contributed by atoms with Crippen molar-refractivity contribution in [2.45, 2.75) is 51.5 Å². The molecule has 1 saturated heterocycles. The van der Waals surface area contributed by atoms with Gasteiger partial charge in [-0.1, -0.05) is 19.8 Å². The molecule has 2 heterocycles. The first-order valence-electron chi connectivity index (χ1n) is 6.71. The zero-order valence-electron chi connectivity index (χ0n) is 10.7. The van der Waals surface area contributed by atoms with Gasteiger partial charge in [0.1, 0.15) is 5.82 Å². The molecule has 0 aromatic carbocycles. The van der Waals surface area contributed by atoms with Crippen molar-refractivity contribution in [1.29, 1.82) is 0 Å². The first kappa shape index (κ1) is 12.4. The number of hydrogen-bond acceptors (Lipinski definition) is 4. The van der Waals surface area contributed by atoms with Gasteiger partial charge in [0.15, 0.2) is 0 Å². The van der Waals surface area contributed by atoms with Crippen LogP contribution in [0.1, 0.15) is 44.9 Å². The Hall–Kier alpha value is -1.10. The van der Waals surface area contributed by atoms with Crippen molar-refractivity contribution in [2.75, 3.05) is 18.0 Å². The number of nitrogens with zero attached hydrogens (tertiary/aromatic N) is 3. The lowest BCUT2D eigenvalue weighted by Crippen LogP contribution is -2.43. The highest BCUT2D eigenvalue weighted by molar-refractivity contribution is 5.29. The average molecular weight is 237 g/mol. The van der Waals surface area contributed by atoms with Crippen LogP contribution in [0.25, 0.3) is 0 Å². The third-order valence-corrected chi connectivity index (χ3v) is 3.28. The van der Waals surface area contributed by atoms with Gasteiger partial charge in [-0.05, 0) is 19.3 Å². The summed E-state index contributed by atoms with van der Waals surface area (Å²) in [7, 11) is 0. The van der Waals surface area contributed by atoms with E-state index in [1.165, 1.54) is 19.3 Å². The molecule has 1 aromatic rings. The molecule has 0 amide bonds. The van der Waals surface area contributed by atoms with Gasteiger partial charge in [0.25, 0.3) is 0 Å². The molecule has 96 valence electrons. The monoisotopic (exact) mass is 237 g/mol. The average Bonchev–Trinajstić information content (AvgIpc) is 2.78. The number of aromatic nitrogens is 3. The third kappa shape index (κ3) is 3.43. The number of rotatable bonds is 5. The molecule has 5 nitrogen and oxygen atoms in total. The van der Waals surface area contributed by atoms with Gasteiger partial charge in [-0.3, -0.25) is 5.10 Å². The SMILES string of the molecule is CCCCCc1nc(N2CCCC(N)C2)n[nH]1. The van der Waals surface area contributed by atoms with Crippen LogP contribution in [0.15, 0.2) is 0 Å². The van der Waals surface area contributed by atoms with Crippen LogP contribution in [0.4, 0.5) is 5.95 Å². The smallest absolute Gasteiger partial charge is 0.244 e. The highest BCUT2D eigenvalue weighted by Crippen LogP contribution is 2.15. The minimum atomic E-state index is 0.269. The van der Waals surface area contributed by atoms with Crippen molar-refractivity contribution >= 4 is 5.95 Å². The van der Waals surface area contributed by atoms with Crippen molar-refractivity contribution in [3.8, 4) is 0 Å². The minimum Gasteiger partial charge on any atom is -0.338 e. The summed E-state index contributed by atoms with van der Waals surface area (Å²) >= 11 is 0. The molecule has 2 rings (SSSR count). The van der Waals surface area contributed by atoms with Gasteiger partial charge in [0.05, 0.1) is 0 Å². The fourth-order valence-electron chi connectivity index (χ4n) is 2.27. The number of anilines is 1. The van der Waals surface area contributed by atoms with Gasteiger partial charge in [-0.2, -0.15) is 4.98 Å². The van der Waals surface area contributed by atoms with E-state index in [9.17, 15) is 0 Å². The summed E-state index contributed by atoms with van der Waals surface area (Å²) in [5, 5.41) is 7.32. The molecule has 1 aliphatic heterocycles. The van der Waals surface area contributed by atoms with Gasteiger partial charge in [-0.25, -0.2) is 0 Å². The summed E-state index contributed by atoms with van der Waals surface area (Å²) in [6.45, 7) is 4.12. The van der Waals surface area contributed by atoms with E-state index in [2.05, 4.69) is 27.0 Å². The van der Waals surface area contributed by atoms with Crippen molar-refractivity contribution in [3.05, 3.63) is 5.82 Å². The lowest BCUT2D eigenvalue weighted by molar-refractivity contribution is 0.500. The largest absolute Gasteiger partial charge is 0.338 e. The van der Waals surface area contributed by atoms with E-state index in [1.807, 2.05) is 0 Å². The molecule has 17 heavy (non-hydrogen) atoms. The Morgan fingerprint density at radius 2 is 2.35 bits per heavy atom. The predicted octanol–water partition coefficient (Wildman–Crippen LogP) is 1.46. The van der Waals surface area contributed by atoms with Crippen LogP contribution in [0.2, 0.25) is 0 Å². The van der Waals surface area contributed by atoms with Crippen LogP contribution >= 0.6 is 0 Å². The van der Waals surface area contributed by atoms with E-state index in [4.69, 9.17) is 5.73 Å². The summed E-state index contributed by atoms with van der Waals surface area (Å²) in [5.74, 6) is 1.83. The number of aryl methyl sites for hydroxylation is 1. The second-order valence-electron chi connectivity index (χ2n) is 4.89. The fourth-order valence-corrected chi connectivity index (χ4v) is 2.27. The number of H-pyrrole nitrogens is 1. The lowest BCUT2D eigenvalue weighted by Gasteiger charge is -2.29. The Morgan fingerprint density at radius 1 is 1.47 bits per heavy atom. The molecule has 1 unspecified atom stereocenters. The predicted molar refractivity (Wildman–Crippen MR) is 69.0 cm³/mol. The summed E-state index contributed by atoms with van der Waals surface area (Å²) < 4.78 is 0. The van der Waals surface area contributed by atoms with Crippen molar-refractivity contribution in [3.63, 3.8) is 0 Å². The molecule has 1 atom stereocenters. The van der Waals surface area contributed by atoms with Crippen molar-refractivity contribution in [1.82, 2.24) is 15.2 Å². The fraction of sp³-hybridized carbons (Fsp3) is 0.833. The zero-order chi connectivity index (χ0) is 12.1. The number of nitrogens with one attached hydrogen (secondary N) is 1. The lowest BCUT2D eigenvalue weighted by atomic mass is 10.1. The van der Waals surface area contributed by atoms with Crippen molar-refractivity contribution in [2.24, 2.45) is 5.73 Å². The molecule has 0 bridgehead atoms. The Morgan fingerprint density at radius 3 is 3.12 bits per heavy atom. The van der Waals surface area contributed by atoms with E-state index in [-0.39, 0.29) is 6.04 Å². The van der Waals surface area contributed by atoms with E-state index >= 15 is 0 Å². The molecular weight excluding hydrogens is 214 g/mol. The molecule has 3 N–H and O–H groups in total. The van der Waals surface area contributed by atoms with Gasteiger partial charge in [0, 0.05) is 25.6 Å². The second kappa shape index (κ2) is 6.00. The highest BCUT2D eigenvalue weighted by Gasteiger charge is 2.19. The maximum Gasteiger partial charge on any atom is 0.244 e. The number of piperidine rings is 1. The van der Waals surface area contributed by atoms with Gasteiger partial charge >= 0.3 is 0 Å². The molecule has 0 spiro atoms. The summed E-state index contributed by atoms with van der Waals surface area (Å²) in [4.78, 5) is 6.73. The summed E-state index contributed by atoms with van der Waals surface area (Å²) in [6, 6.07) is 0.269. The van der Waals surface area contributed by atoms with E-state index in [1.54, 1.807) is 0 Å². The van der Waals surface area contributed by atoms with Gasteiger partial charge < -0.3 is 10.6 Å². The van der Waals surface area contributed by atoms with Crippen LogP contribution in [-0.2, 0) is 6.42 Å². The summed E-state index contributed by atoms with van der Waals surface area (Å²) in [5.41, 5.74) is 5.96. The molecule has 5 heteroatoms. The topological polar surface area (TPSA) is 70.8 Å². The summed E-state index contributed by atoms with van der Waals surface area (Å²) in [6.07, 6.45) is 6.93. The maximum absolute atomic E-state index is 5.96. The Bertz CT molecular complexity index is 335. The third-order valence-electron chi connectivity index (χ3n) is 3.28. The molecule has 0 aliphatic carbocycles. The van der Waals surface area contributed by atoms with E-state index in [0.29, 0.717) is 0 Å². The second-order valence-corrected chi connectivity index (χ2v) is 4.89. The Balaban J connectivity index is 1.88. The molecule has 1 aliphatic rings. The number of hydrogen-bond donors (Lipinski definition) is 2. The number of aromatic amines is 1. The van der Waals surface area contributed by atoms with Crippen LogP contribution in [0, 0.1) is 0 Å². The minimum absolute atomic E-state index is 0.269. The Labute approximate surface area is 103 Å². The quantitative estimate of drug-likeness (QED) is 0.761. The van der Waals surface area contributed by atoms with Crippen LogP contribution in [0.5, 0.6) is 0 Å². The normalized spacial score (nSPS) is 20.8. The first-order chi connectivity index (χ1) is 8.29. The van der Waals surface area contributed by atoms with Gasteiger partial charge in [-0.15, -0.1) is 5.10 Å². The molecule has 1 aromatic heterocycles. The maximum atomic E-state index is 5.96. The molecule has 1 fully saturated rings. The first-order valence-corrected chi connectivity index (χ1v) is 6.71. The molecule has 0 saturated carbocycles. The molecular formula is C12H23N5. The highest BCUT2D eigenvalue weighted by atomic mass is 15.4. The number of unbranched alkanes of at least 4 members (excludes halogenated alkanes) is 2.